The minimum Gasteiger partial charge on any atom is -0.403 e. The molecule has 22 heavy (non-hydrogen) atoms. The van der Waals surface area contributed by atoms with Crippen molar-refractivity contribution in [1.82, 2.24) is 10.2 Å². The van der Waals surface area contributed by atoms with Crippen LogP contribution >= 0.6 is 0 Å². The average Bonchev–Trinajstić information content (AvgIpc) is 2.47. The van der Waals surface area contributed by atoms with Crippen molar-refractivity contribution in [3.8, 4) is 0 Å². The van der Waals surface area contributed by atoms with Gasteiger partial charge in [-0.05, 0) is 12.1 Å². The number of anilines is 1. The largest absolute Gasteiger partial charge is 0.403 e. The molecule has 1 saturated heterocycles. The fraction of sp³-hybridized carbons (Fsp3) is 0.286. The third-order valence-corrected chi connectivity index (χ3v) is 3.17. The predicted octanol–water partition coefficient (Wildman–Crippen LogP) is 0.178. The van der Waals surface area contributed by atoms with Gasteiger partial charge < -0.3 is 21.3 Å². The molecule has 1 fully saturated rings. The second-order valence-corrected chi connectivity index (χ2v) is 4.73. The summed E-state index contributed by atoms with van der Waals surface area (Å²) in [6, 6.07) is 2.51. The van der Waals surface area contributed by atoms with Gasteiger partial charge in [-0.3, -0.25) is 9.59 Å². The van der Waals surface area contributed by atoms with E-state index in [0.717, 1.165) is 18.3 Å². The summed E-state index contributed by atoms with van der Waals surface area (Å²) in [6.45, 7) is 2.41. The van der Waals surface area contributed by atoms with E-state index in [-0.39, 0.29) is 11.4 Å². The Kier molecular flexibility index (Phi) is 5.05. The Morgan fingerprint density at radius 3 is 2.32 bits per heavy atom. The quantitative estimate of drug-likeness (QED) is 0.545. The van der Waals surface area contributed by atoms with E-state index in [2.05, 4.69) is 10.6 Å². The van der Waals surface area contributed by atoms with Crippen LogP contribution in [0, 0.1) is 11.6 Å². The van der Waals surface area contributed by atoms with E-state index < -0.39 is 23.3 Å². The van der Waals surface area contributed by atoms with Gasteiger partial charge in [0.25, 0.3) is 11.7 Å². The Morgan fingerprint density at radius 2 is 1.77 bits per heavy atom. The number of nitrogens with zero attached hydrogens (tertiary/aromatic N) is 1. The van der Waals surface area contributed by atoms with Crippen LogP contribution in [0.3, 0.4) is 0 Å². The van der Waals surface area contributed by atoms with Crippen LogP contribution in [0.5, 0.6) is 0 Å². The molecule has 4 N–H and O–H groups in total. The average molecular weight is 310 g/mol. The fourth-order valence-electron chi connectivity index (χ4n) is 2.16. The Morgan fingerprint density at radius 1 is 1.18 bits per heavy atom. The zero-order valence-electron chi connectivity index (χ0n) is 11.7. The molecule has 2 rings (SSSR count). The number of ketones is 1. The number of piperazine rings is 1. The molecule has 0 aromatic heterocycles. The summed E-state index contributed by atoms with van der Waals surface area (Å²) in [5.41, 5.74) is 5.37. The first-order valence-corrected chi connectivity index (χ1v) is 6.70. The molecule has 0 spiro atoms. The first kappa shape index (κ1) is 15.9. The van der Waals surface area contributed by atoms with Crippen molar-refractivity contribution >= 4 is 17.4 Å². The number of rotatable bonds is 4. The van der Waals surface area contributed by atoms with Gasteiger partial charge in [-0.2, -0.15) is 0 Å². The van der Waals surface area contributed by atoms with Crippen LogP contribution in [-0.2, 0) is 9.59 Å². The van der Waals surface area contributed by atoms with Gasteiger partial charge in [0.15, 0.2) is 0 Å². The lowest BCUT2D eigenvalue weighted by molar-refractivity contribution is -0.133. The summed E-state index contributed by atoms with van der Waals surface area (Å²) in [6.07, 6.45) is 1.07. The van der Waals surface area contributed by atoms with Crippen molar-refractivity contribution < 1.29 is 18.4 Å². The monoisotopic (exact) mass is 310 g/mol. The summed E-state index contributed by atoms with van der Waals surface area (Å²) in [7, 11) is 0. The van der Waals surface area contributed by atoms with Crippen molar-refractivity contribution in [3.63, 3.8) is 0 Å². The molecule has 0 saturated carbocycles. The van der Waals surface area contributed by atoms with E-state index in [1.54, 1.807) is 4.90 Å². The third kappa shape index (κ3) is 3.79. The maximum Gasteiger partial charge on any atom is 0.298 e. The summed E-state index contributed by atoms with van der Waals surface area (Å²) in [4.78, 5) is 25.8. The molecule has 1 aliphatic heterocycles. The minimum absolute atomic E-state index is 0.0656. The second kappa shape index (κ2) is 6.99. The van der Waals surface area contributed by atoms with E-state index in [4.69, 9.17) is 5.73 Å². The molecular weight excluding hydrogens is 294 g/mol. The number of Topliss-reactive ketones (excluding diaryl/α,β-unsaturated/α-hetero) is 1. The molecule has 0 radical (unpaired) electrons. The van der Waals surface area contributed by atoms with Crippen molar-refractivity contribution in [3.05, 3.63) is 41.7 Å². The number of benzene rings is 1. The van der Waals surface area contributed by atoms with E-state index in [9.17, 15) is 18.4 Å². The summed E-state index contributed by atoms with van der Waals surface area (Å²) in [5, 5.41) is 5.28. The van der Waals surface area contributed by atoms with Crippen molar-refractivity contribution in [2.24, 2.45) is 5.73 Å². The van der Waals surface area contributed by atoms with Gasteiger partial charge in [0.05, 0.1) is 0 Å². The summed E-state index contributed by atoms with van der Waals surface area (Å²) >= 11 is 0. The van der Waals surface area contributed by atoms with E-state index >= 15 is 0 Å². The number of hydrogen-bond acceptors (Lipinski definition) is 5. The van der Waals surface area contributed by atoms with E-state index in [1.807, 2.05) is 0 Å². The van der Waals surface area contributed by atoms with Crippen molar-refractivity contribution in [2.75, 3.05) is 31.5 Å². The SMILES string of the molecule is NC=C(C(=O)C(=O)Nc1cc(F)cc(F)c1)N1CCNCC1. The highest BCUT2D eigenvalue weighted by atomic mass is 19.1. The van der Waals surface area contributed by atoms with Gasteiger partial charge in [0, 0.05) is 44.1 Å². The highest BCUT2D eigenvalue weighted by molar-refractivity contribution is 6.46. The van der Waals surface area contributed by atoms with E-state index in [0.29, 0.717) is 32.2 Å². The first-order chi connectivity index (χ1) is 10.5. The van der Waals surface area contributed by atoms with Crippen LogP contribution in [0.4, 0.5) is 14.5 Å². The van der Waals surface area contributed by atoms with Crippen LogP contribution in [-0.4, -0.2) is 42.8 Å². The van der Waals surface area contributed by atoms with Crippen molar-refractivity contribution in [2.45, 2.75) is 0 Å². The van der Waals surface area contributed by atoms with Crippen LogP contribution < -0.4 is 16.4 Å². The molecule has 8 heteroatoms. The molecule has 0 aliphatic carbocycles. The molecule has 1 aromatic carbocycles. The molecule has 0 bridgehead atoms. The molecular formula is C14H16F2N4O2. The predicted molar refractivity (Wildman–Crippen MR) is 76.7 cm³/mol. The van der Waals surface area contributed by atoms with Crippen molar-refractivity contribution in [1.29, 1.82) is 0 Å². The van der Waals surface area contributed by atoms with Gasteiger partial charge in [-0.25, -0.2) is 8.78 Å². The molecule has 0 atom stereocenters. The van der Waals surface area contributed by atoms with E-state index in [1.165, 1.54) is 0 Å². The highest BCUT2D eigenvalue weighted by Gasteiger charge is 2.25. The van der Waals surface area contributed by atoms with Gasteiger partial charge in [0.2, 0.25) is 0 Å². The Balaban J connectivity index is 2.08. The summed E-state index contributed by atoms with van der Waals surface area (Å²) in [5.74, 6) is -3.55. The number of carbonyl (C=O) groups excluding carboxylic acids is 2. The number of amides is 1. The lowest BCUT2D eigenvalue weighted by Crippen LogP contribution is -2.46. The standard InChI is InChI=1S/C14H16F2N4O2/c15-9-5-10(16)7-11(6-9)19-14(22)13(21)12(8-17)20-3-1-18-2-4-20/h5-8,18H,1-4,17H2,(H,19,22). The smallest absolute Gasteiger partial charge is 0.298 e. The molecule has 1 aromatic rings. The lowest BCUT2D eigenvalue weighted by atomic mass is 10.2. The molecule has 1 heterocycles. The fourth-order valence-corrected chi connectivity index (χ4v) is 2.16. The second-order valence-electron chi connectivity index (χ2n) is 4.73. The van der Waals surface area contributed by atoms with Crippen LogP contribution in [0.15, 0.2) is 30.1 Å². The minimum atomic E-state index is -1.000. The van der Waals surface area contributed by atoms with Gasteiger partial charge in [-0.1, -0.05) is 0 Å². The number of hydrogen-bond donors (Lipinski definition) is 3. The third-order valence-electron chi connectivity index (χ3n) is 3.17. The number of nitrogens with one attached hydrogen (secondary N) is 2. The van der Waals surface area contributed by atoms with Crippen LogP contribution in [0.25, 0.3) is 0 Å². The van der Waals surface area contributed by atoms with Gasteiger partial charge in [-0.15, -0.1) is 0 Å². The zero-order valence-corrected chi connectivity index (χ0v) is 11.7. The van der Waals surface area contributed by atoms with Gasteiger partial charge in [0.1, 0.15) is 17.3 Å². The number of carbonyl (C=O) groups is 2. The lowest BCUT2D eigenvalue weighted by Gasteiger charge is -2.30. The topological polar surface area (TPSA) is 87.5 Å². The first-order valence-electron chi connectivity index (χ1n) is 6.70. The Hall–Kier alpha value is -2.48. The zero-order chi connectivity index (χ0) is 16.1. The number of halogens is 2. The summed E-state index contributed by atoms with van der Waals surface area (Å²) < 4.78 is 26.1. The Labute approximate surface area is 126 Å². The molecule has 1 amide bonds. The highest BCUT2D eigenvalue weighted by Crippen LogP contribution is 2.14. The number of nitrogens with two attached hydrogens (primary N) is 1. The Bertz CT molecular complexity index is 593. The normalized spacial score (nSPS) is 15.5. The molecule has 0 unspecified atom stereocenters. The molecule has 118 valence electrons. The maximum absolute atomic E-state index is 13.1. The molecule has 1 aliphatic rings. The van der Waals surface area contributed by atoms with Crippen LogP contribution in [0.2, 0.25) is 0 Å². The van der Waals surface area contributed by atoms with Gasteiger partial charge >= 0.3 is 0 Å². The molecule has 6 nitrogen and oxygen atoms in total. The maximum atomic E-state index is 13.1. The van der Waals surface area contributed by atoms with Crippen LogP contribution in [0.1, 0.15) is 0 Å².